The first-order valence-electron chi connectivity index (χ1n) is 4.27. The monoisotopic (exact) mass is 296 g/mol. The van der Waals surface area contributed by atoms with Crippen molar-refractivity contribution < 1.29 is 35.8 Å². The van der Waals surface area contributed by atoms with Crippen LogP contribution in [-0.2, 0) is 20.2 Å². The van der Waals surface area contributed by atoms with Crippen molar-refractivity contribution in [2.24, 2.45) is 0 Å². The van der Waals surface area contributed by atoms with Crippen LogP contribution in [0.3, 0.4) is 0 Å². The second-order valence-corrected chi connectivity index (χ2v) is 6.18. The SMILES string of the molecule is Cc1cc(S(=O)(=O)O)cc(S(=O)(=O)O)c1C(=O)O. The van der Waals surface area contributed by atoms with Gasteiger partial charge in [0.2, 0.25) is 0 Å². The summed E-state index contributed by atoms with van der Waals surface area (Å²) in [4.78, 5) is 8.95. The van der Waals surface area contributed by atoms with E-state index >= 15 is 0 Å². The van der Waals surface area contributed by atoms with Gasteiger partial charge >= 0.3 is 5.97 Å². The molecule has 0 fully saturated rings. The van der Waals surface area contributed by atoms with Crippen molar-refractivity contribution in [3.63, 3.8) is 0 Å². The van der Waals surface area contributed by atoms with E-state index in [1.54, 1.807) is 0 Å². The zero-order valence-corrected chi connectivity index (χ0v) is 10.5. The Kier molecular flexibility index (Phi) is 3.49. The summed E-state index contributed by atoms with van der Waals surface area (Å²) >= 11 is 0. The summed E-state index contributed by atoms with van der Waals surface area (Å²) in [6.07, 6.45) is 0. The van der Waals surface area contributed by atoms with Crippen LogP contribution in [0.5, 0.6) is 0 Å². The van der Waals surface area contributed by atoms with Crippen molar-refractivity contribution in [3.8, 4) is 0 Å². The van der Waals surface area contributed by atoms with Crippen LogP contribution >= 0.6 is 0 Å². The summed E-state index contributed by atoms with van der Waals surface area (Å²) in [6, 6.07) is 1.16. The van der Waals surface area contributed by atoms with Gasteiger partial charge in [-0.1, -0.05) is 0 Å². The van der Waals surface area contributed by atoms with Crippen LogP contribution in [0.1, 0.15) is 15.9 Å². The van der Waals surface area contributed by atoms with Crippen molar-refractivity contribution in [1.29, 1.82) is 0 Å². The van der Waals surface area contributed by atoms with Crippen LogP contribution < -0.4 is 0 Å². The van der Waals surface area contributed by atoms with E-state index in [2.05, 4.69) is 0 Å². The Bertz CT molecular complexity index is 714. The molecule has 0 amide bonds. The number of rotatable bonds is 3. The zero-order valence-electron chi connectivity index (χ0n) is 8.85. The predicted molar refractivity (Wildman–Crippen MR) is 57.8 cm³/mol. The minimum atomic E-state index is -4.94. The van der Waals surface area contributed by atoms with E-state index in [9.17, 15) is 21.6 Å². The molecule has 0 aromatic heterocycles. The lowest BCUT2D eigenvalue weighted by Gasteiger charge is -2.08. The maximum atomic E-state index is 11.0. The maximum Gasteiger partial charge on any atom is 0.337 e. The fourth-order valence-corrected chi connectivity index (χ4v) is 2.80. The summed E-state index contributed by atoms with van der Waals surface area (Å²) in [7, 11) is -9.66. The van der Waals surface area contributed by atoms with Crippen LogP contribution in [-0.4, -0.2) is 37.0 Å². The molecule has 8 nitrogen and oxygen atoms in total. The zero-order chi connectivity index (χ0) is 14.3. The van der Waals surface area contributed by atoms with Gasteiger partial charge < -0.3 is 5.11 Å². The lowest BCUT2D eigenvalue weighted by Crippen LogP contribution is -2.12. The average Bonchev–Trinajstić information content (AvgIpc) is 2.12. The average molecular weight is 296 g/mol. The first kappa shape index (κ1) is 14.6. The van der Waals surface area contributed by atoms with E-state index in [0.717, 1.165) is 13.0 Å². The molecule has 0 aliphatic carbocycles. The third kappa shape index (κ3) is 2.85. The normalized spacial score (nSPS) is 12.4. The Balaban J connectivity index is 3.86. The van der Waals surface area contributed by atoms with E-state index in [0.29, 0.717) is 6.07 Å². The standard InChI is InChI=1S/C8H8O8S2/c1-4-2-5(17(11,12)13)3-6(18(14,15)16)7(4)8(9)10/h2-3H,1H3,(H,9,10)(H,11,12,13)(H,14,15,16). The summed E-state index contributed by atoms with van der Waals surface area (Å²) < 4.78 is 61.4. The van der Waals surface area contributed by atoms with Crippen LogP contribution in [0, 0.1) is 6.92 Å². The molecule has 0 saturated heterocycles. The van der Waals surface area contributed by atoms with Crippen LogP contribution in [0.2, 0.25) is 0 Å². The molecule has 0 aliphatic rings. The Morgan fingerprint density at radius 3 is 1.89 bits per heavy atom. The molecule has 0 bridgehead atoms. The highest BCUT2D eigenvalue weighted by molar-refractivity contribution is 7.86. The quantitative estimate of drug-likeness (QED) is 0.670. The fourth-order valence-electron chi connectivity index (χ4n) is 1.35. The molecular formula is C8H8O8S2. The van der Waals surface area contributed by atoms with Crippen LogP contribution in [0.15, 0.2) is 21.9 Å². The van der Waals surface area contributed by atoms with E-state index in [1.807, 2.05) is 0 Å². The summed E-state index contributed by atoms with van der Waals surface area (Å²) in [6.45, 7) is 1.13. The third-order valence-corrected chi connectivity index (χ3v) is 3.77. The van der Waals surface area contributed by atoms with E-state index in [1.165, 1.54) is 0 Å². The molecule has 0 saturated carbocycles. The highest BCUT2D eigenvalue weighted by Crippen LogP contribution is 2.24. The van der Waals surface area contributed by atoms with E-state index in [4.69, 9.17) is 14.2 Å². The van der Waals surface area contributed by atoms with Gasteiger partial charge in [-0.05, 0) is 24.6 Å². The van der Waals surface area contributed by atoms with Crippen molar-refractivity contribution in [2.45, 2.75) is 16.7 Å². The summed E-state index contributed by atoms with van der Waals surface area (Å²) in [5.74, 6) is -1.65. The Morgan fingerprint density at radius 2 is 1.56 bits per heavy atom. The van der Waals surface area contributed by atoms with Gasteiger partial charge in [0.05, 0.1) is 10.5 Å². The van der Waals surface area contributed by atoms with Gasteiger partial charge in [-0.25, -0.2) is 4.79 Å². The van der Waals surface area contributed by atoms with Crippen LogP contribution in [0.25, 0.3) is 0 Å². The number of aryl methyl sites for hydroxylation is 1. The molecule has 1 aromatic rings. The van der Waals surface area contributed by atoms with Gasteiger partial charge in [-0.3, -0.25) is 9.11 Å². The maximum absolute atomic E-state index is 11.0. The summed E-state index contributed by atoms with van der Waals surface area (Å²) in [5.41, 5.74) is -0.991. The molecule has 1 aromatic carbocycles. The van der Waals surface area contributed by atoms with Crippen molar-refractivity contribution in [2.75, 3.05) is 0 Å². The summed E-state index contributed by atoms with van der Waals surface area (Å²) in [5, 5.41) is 8.82. The number of carboxylic acid groups (broad SMARTS) is 1. The van der Waals surface area contributed by atoms with E-state index in [-0.39, 0.29) is 5.56 Å². The third-order valence-electron chi connectivity index (χ3n) is 2.06. The second kappa shape index (κ2) is 4.31. The van der Waals surface area contributed by atoms with Gasteiger partial charge in [-0.15, -0.1) is 0 Å². The lowest BCUT2D eigenvalue weighted by molar-refractivity contribution is 0.0691. The number of carboxylic acids is 1. The van der Waals surface area contributed by atoms with Crippen LogP contribution in [0.4, 0.5) is 0 Å². The smallest absolute Gasteiger partial charge is 0.337 e. The molecule has 0 unspecified atom stereocenters. The molecule has 10 heteroatoms. The van der Waals surface area contributed by atoms with Crippen molar-refractivity contribution in [1.82, 2.24) is 0 Å². The molecular weight excluding hydrogens is 288 g/mol. The Labute approximate surface area is 102 Å². The molecule has 0 radical (unpaired) electrons. The fraction of sp³-hybridized carbons (Fsp3) is 0.125. The topological polar surface area (TPSA) is 146 Å². The van der Waals surface area contributed by atoms with Crippen molar-refractivity contribution >= 4 is 26.2 Å². The highest BCUT2D eigenvalue weighted by Gasteiger charge is 2.26. The molecule has 3 N–H and O–H groups in total. The number of benzene rings is 1. The Morgan fingerprint density at radius 1 is 1.06 bits per heavy atom. The minimum Gasteiger partial charge on any atom is -0.478 e. The minimum absolute atomic E-state index is 0.231. The molecule has 0 spiro atoms. The van der Waals surface area contributed by atoms with Gasteiger partial charge in [0, 0.05) is 0 Å². The number of hydrogen-bond donors (Lipinski definition) is 3. The van der Waals surface area contributed by atoms with Gasteiger partial charge in [0.15, 0.2) is 0 Å². The molecule has 18 heavy (non-hydrogen) atoms. The molecule has 1 rings (SSSR count). The van der Waals surface area contributed by atoms with Gasteiger partial charge in [0.1, 0.15) is 4.90 Å². The number of aromatic carboxylic acids is 1. The second-order valence-electron chi connectivity index (χ2n) is 3.37. The number of carbonyl (C=O) groups is 1. The Hall–Kier alpha value is -1.49. The number of hydrogen-bond acceptors (Lipinski definition) is 5. The molecule has 0 heterocycles. The van der Waals surface area contributed by atoms with Crippen molar-refractivity contribution in [3.05, 3.63) is 23.3 Å². The largest absolute Gasteiger partial charge is 0.478 e. The molecule has 100 valence electrons. The highest BCUT2D eigenvalue weighted by atomic mass is 32.2. The molecule has 0 atom stereocenters. The van der Waals surface area contributed by atoms with Gasteiger partial charge in [0.25, 0.3) is 20.2 Å². The predicted octanol–water partition coefficient (Wildman–Crippen LogP) is 0.187. The van der Waals surface area contributed by atoms with E-state index < -0.39 is 41.6 Å². The van der Waals surface area contributed by atoms with Gasteiger partial charge in [-0.2, -0.15) is 16.8 Å². The lowest BCUT2D eigenvalue weighted by atomic mass is 10.1. The first-order chi connectivity index (χ1) is 7.94. The molecule has 0 aliphatic heterocycles. The first-order valence-corrected chi connectivity index (χ1v) is 7.15.